The Kier molecular flexibility index (Phi) is 4.51. The number of hydrogen-bond acceptors (Lipinski definition) is 5. The number of rotatable bonds is 4. The monoisotopic (exact) mass is 235 g/mol. The second kappa shape index (κ2) is 5.25. The van der Waals surface area contributed by atoms with Crippen LogP contribution in [0.25, 0.3) is 0 Å². The second-order valence-electron chi connectivity index (χ2n) is 4.41. The van der Waals surface area contributed by atoms with Crippen molar-refractivity contribution in [2.75, 3.05) is 45.2 Å². The van der Waals surface area contributed by atoms with E-state index < -0.39 is 9.84 Å². The van der Waals surface area contributed by atoms with Crippen LogP contribution in [0.1, 0.15) is 6.92 Å². The number of nitrogens with one attached hydrogen (secondary N) is 1. The lowest BCUT2D eigenvalue weighted by molar-refractivity contribution is 0.0934. The van der Waals surface area contributed by atoms with Crippen LogP contribution in [0.5, 0.6) is 0 Å². The minimum absolute atomic E-state index is 0.0107. The zero-order valence-electron chi connectivity index (χ0n) is 9.73. The Labute approximate surface area is 92.3 Å². The summed E-state index contributed by atoms with van der Waals surface area (Å²) in [7, 11) is -0.790. The lowest BCUT2D eigenvalue weighted by atomic mass is 10.3. The van der Waals surface area contributed by atoms with Crippen molar-refractivity contribution in [3.63, 3.8) is 0 Å². The Morgan fingerprint density at radius 2 is 1.80 bits per heavy atom. The average Bonchev–Trinajstić information content (AvgIpc) is 2.05. The molecule has 1 aliphatic rings. The lowest BCUT2D eigenvalue weighted by Crippen LogP contribution is -2.54. The number of nitrogens with zero attached hydrogens (tertiary/aromatic N) is 2. The van der Waals surface area contributed by atoms with Crippen molar-refractivity contribution >= 4 is 9.84 Å². The summed E-state index contributed by atoms with van der Waals surface area (Å²) in [5.41, 5.74) is 3.22. The maximum absolute atomic E-state index is 11.1. The Balaban J connectivity index is 2.29. The van der Waals surface area contributed by atoms with Gasteiger partial charge in [0.1, 0.15) is 9.84 Å². The molecule has 0 spiro atoms. The number of likely N-dealkylation sites (N-methyl/N-ethyl adjacent to an activating group) is 1. The molecule has 1 atom stereocenters. The van der Waals surface area contributed by atoms with Gasteiger partial charge in [-0.15, -0.1) is 0 Å². The van der Waals surface area contributed by atoms with Gasteiger partial charge in [-0.1, -0.05) is 0 Å². The highest BCUT2D eigenvalue weighted by Gasteiger charge is 2.17. The minimum Gasteiger partial charge on any atom is -0.304 e. The Hall–Kier alpha value is -0.170. The maximum Gasteiger partial charge on any atom is 0.149 e. The fourth-order valence-electron chi connectivity index (χ4n) is 1.74. The third kappa shape index (κ3) is 5.46. The fraction of sp³-hybridized carbons (Fsp3) is 1.00. The number of sulfone groups is 1. The van der Waals surface area contributed by atoms with Gasteiger partial charge in [0, 0.05) is 38.5 Å². The van der Waals surface area contributed by atoms with Crippen LogP contribution in [-0.4, -0.2) is 69.6 Å². The van der Waals surface area contributed by atoms with E-state index in [1.54, 1.807) is 0 Å². The summed E-state index contributed by atoms with van der Waals surface area (Å²) in [5.74, 6) is 0.194. The second-order valence-corrected chi connectivity index (χ2v) is 6.60. The van der Waals surface area contributed by atoms with Gasteiger partial charge in [0.25, 0.3) is 0 Å². The third-order valence-corrected chi connectivity index (χ3v) is 3.56. The van der Waals surface area contributed by atoms with Gasteiger partial charge >= 0.3 is 0 Å². The zero-order chi connectivity index (χ0) is 11.5. The molecule has 0 saturated carbocycles. The zero-order valence-corrected chi connectivity index (χ0v) is 10.5. The molecule has 15 heavy (non-hydrogen) atoms. The number of hydrazine groups is 1. The van der Waals surface area contributed by atoms with Gasteiger partial charge in [0.05, 0.1) is 5.75 Å². The molecule has 90 valence electrons. The summed E-state index contributed by atoms with van der Waals surface area (Å²) in [5, 5.41) is 2.11. The number of piperazine rings is 1. The lowest BCUT2D eigenvalue weighted by Gasteiger charge is -2.34. The van der Waals surface area contributed by atoms with Gasteiger partial charge in [-0.3, -0.25) is 5.43 Å². The van der Waals surface area contributed by atoms with E-state index >= 15 is 0 Å². The molecule has 1 fully saturated rings. The summed E-state index contributed by atoms with van der Waals surface area (Å²) >= 11 is 0. The normalized spacial score (nSPS) is 22.9. The van der Waals surface area contributed by atoms with Gasteiger partial charge in [0.2, 0.25) is 0 Å². The standard InChI is InChI=1S/C9H21N3O2S/c1-9(8-15(3,13)14)10-12-6-4-11(2)5-7-12/h9-10H,4-8H2,1-3H3. The Bertz CT molecular complexity index is 284. The van der Waals surface area contributed by atoms with Gasteiger partial charge in [0.15, 0.2) is 0 Å². The first-order valence-corrected chi connectivity index (χ1v) is 7.30. The van der Waals surface area contributed by atoms with Crippen molar-refractivity contribution in [1.29, 1.82) is 0 Å². The Morgan fingerprint density at radius 3 is 2.27 bits per heavy atom. The van der Waals surface area contributed by atoms with Crippen LogP contribution in [0.4, 0.5) is 0 Å². The summed E-state index contributed by atoms with van der Waals surface area (Å²) in [6.45, 7) is 5.85. The molecule has 0 radical (unpaired) electrons. The molecule has 0 amide bonds. The largest absolute Gasteiger partial charge is 0.304 e. The summed E-state index contributed by atoms with van der Waals surface area (Å²) < 4.78 is 22.1. The van der Waals surface area contributed by atoms with Crippen molar-refractivity contribution in [2.45, 2.75) is 13.0 Å². The Morgan fingerprint density at radius 1 is 1.27 bits per heavy atom. The first-order chi connectivity index (χ1) is 6.87. The first kappa shape index (κ1) is 12.9. The van der Waals surface area contributed by atoms with Crippen molar-refractivity contribution in [3.05, 3.63) is 0 Å². The van der Waals surface area contributed by atoms with E-state index in [-0.39, 0.29) is 11.8 Å². The summed E-state index contributed by atoms with van der Waals surface area (Å²) in [6, 6.07) is -0.0107. The maximum atomic E-state index is 11.1. The summed E-state index contributed by atoms with van der Waals surface area (Å²) in [4.78, 5) is 2.26. The average molecular weight is 235 g/mol. The third-order valence-electron chi connectivity index (χ3n) is 2.46. The molecule has 0 aromatic carbocycles. The molecule has 1 saturated heterocycles. The van der Waals surface area contributed by atoms with Crippen LogP contribution in [0.2, 0.25) is 0 Å². The van der Waals surface area contributed by atoms with Crippen molar-refractivity contribution < 1.29 is 8.42 Å². The van der Waals surface area contributed by atoms with Crippen LogP contribution in [-0.2, 0) is 9.84 Å². The van der Waals surface area contributed by atoms with Crippen molar-refractivity contribution in [1.82, 2.24) is 15.3 Å². The van der Waals surface area contributed by atoms with Gasteiger partial charge in [-0.25, -0.2) is 13.4 Å². The van der Waals surface area contributed by atoms with E-state index in [0.717, 1.165) is 26.2 Å². The van der Waals surface area contributed by atoms with E-state index in [2.05, 4.69) is 22.4 Å². The molecule has 0 aromatic rings. The fourth-order valence-corrected chi connectivity index (χ4v) is 2.72. The summed E-state index contributed by atoms with van der Waals surface area (Å²) in [6.07, 6.45) is 1.27. The highest BCUT2D eigenvalue weighted by atomic mass is 32.2. The van der Waals surface area contributed by atoms with Crippen LogP contribution < -0.4 is 5.43 Å². The predicted octanol–water partition coefficient (Wildman–Crippen LogP) is -0.828. The number of hydrogen-bond donors (Lipinski definition) is 1. The molecule has 1 N–H and O–H groups in total. The molecular formula is C9H21N3O2S. The molecule has 1 heterocycles. The van der Waals surface area contributed by atoms with Crippen molar-refractivity contribution in [3.8, 4) is 0 Å². The van der Waals surface area contributed by atoms with Crippen LogP contribution in [0.15, 0.2) is 0 Å². The van der Waals surface area contributed by atoms with E-state index in [1.807, 2.05) is 6.92 Å². The van der Waals surface area contributed by atoms with Gasteiger partial charge in [-0.2, -0.15) is 0 Å². The first-order valence-electron chi connectivity index (χ1n) is 5.24. The van der Waals surface area contributed by atoms with E-state index in [4.69, 9.17) is 0 Å². The molecule has 5 nitrogen and oxygen atoms in total. The highest BCUT2D eigenvalue weighted by molar-refractivity contribution is 7.90. The minimum atomic E-state index is -2.88. The van der Waals surface area contributed by atoms with Crippen LogP contribution in [0.3, 0.4) is 0 Å². The quantitative estimate of drug-likeness (QED) is 0.689. The van der Waals surface area contributed by atoms with E-state index in [0.29, 0.717) is 0 Å². The molecule has 0 bridgehead atoms. The van der Waals surface area contributed by atoms with Crippen LogP contribution in [0, 0.1) is 0 Å². The molecule has 1 unspecified atom stereocenters. The molecule has 6 heteroatoms. The molecule has 0 aromatic heterocycles. The molecular weight excluding hydrogens is 214 g/mol. The topological polar surface area (TPSA) is 52.7 Å². The smallest absolute Gasteiger partial charge is 0.149 e. The molecule has 1 aliphatic heterocycles. The van der Waals surface area contributed by atoms with Crippen LogP contribution >= 0.6 is 0 Å². The SMILES string of the molecule is CC(CS(C)(=O)=O)NN1CCN(C)CC1. The molecule has 1 rings (SSSR count). The van der Waals surface area contributed by atoms with E-state index in [1.165, 1.54) is 6.26 Å². The van der Waals surface area contributed by atoms with Gasteiger partial charge < -0.3 is 4.90 Å². The van der Waals surface area contributed by atoms with E-state index in [9.17, 15) is 8.42 Å². The van der Waals surface area contributed by atoms with Gasteiger partial charge in [-0.05, 0) is 14.0 Å². The predicted molar refractivity (Wildman–Crippen MR) is 61.4 cm³/mol. The highest BCUT2D eigenvalue weighted by Crippen LogP contribution is 1.98. The van der Waals surface area contributed by atoms with Crippen molar-refractivity contribution in [2.24, 2.45) is 0 Å². The molecule has 0 aliphatic carbocycles.